The van der Waals surface area contributed by atoms with Crippen molar-refractivity contribution < 1.29 is 9.53 Å². The Morgan fingerprint density at radius 3 is 2.42 bits per heavy atom. The average molecular weight is 356 g/mol. The van der Waals surface area contributed by atoms with E-state index in [0.717, 1.165) is 24.5 Å². The lowest BCUT2D eigenvalue weighted by Crippen LogP contribution is -2.49. The number of methoxy groups -OCH3 is 1. The van der Waals surface area contributed by atoms with Crippen LogP contribution in [0.15, 0.2) is 41.2 Å². The number of nitrogens with zero attached hydrogens (tertiary/aromatic N) is 4. The second-order valence-electron chi connectivity index (χ2n) is 6.55. The zero-order valence-corrected chi connectivity index (χ0v) is 15.4. The molecule has 0 atom stereocenters. The van der Waals surface area contributed by atoms with Crippen LogP contribution in [0.5, 0.6) is 5.75 Å². The van der Waals surface area contributed by atoms with Gasteiger partial charge in [-0.05, 0) is 32.0 Å². The van der Waals surface area contributed by atoms with E-state index >= 15 is 0 Å². The first kappa shape index (κ1) is 18.0. The van der Waals surface area contributed by atoms with E-state index < -0.39 is 0 Å². The van der Waals surface area contributed by atoms with Crippen LogP contribution < -0.4 is 15.2 Å². The van der Waals surface area contributed by atoms with Gasteiger partial charge in [0.25, 0.3) is 11.5 Å². The Balaban J connectivity index is 1.71. The highest BCUT2D eigenvalue weighted by molar-refractivity contribution is 5.92. The van der Waals surface area contributed by atoms with Gasteiger partial charge in [0.15, 0.2) is 0 Å². The number of ether oxygens (including phenoxy) is 1. The summed E-state index contributed by atoms with van der Waals surface area (Å²) in [6.07, 6.45) is 0. The quantitative estimate of drug-likeness (QED) is 0.836. The normalized spacial score (nSPS) is 14.6. The van der Waals surface area contributed by atoms with Crippen LogP contribution in [0.25, 0.3) is 0 Å². The van der Waals surface area contributed by atoms with Gasteiger partial charge in [0.05, 0.1) is 18.8 Å². The molecule has 1 aliphatic rings. The van der Waals surface area contributed by atoms with Gasteiger partial charge in [0.2, 0.25) is 0 Å². The molecule has 0 aliphatic carbocycles. The summed E-state index contributed by atoms with van der Waals surface area (Å²) < 4.78 is 6.77. The molecule has 7 nitrogen and oxygen atoms in total. The molecule has 1 aromatic carbocycles. The molecule has 2 heterocycles. The third-order valence-corrected chi connectivity index (χ3v) is 4.53. The van der Waals surface area contributed by atoms with Gasteiger partial charge < -0.3 is 14.5 Å². The molecule has 138 valence electrons. The Morgan fingerprint density at radius 2 is 1.77 bits per heavy atom. The van der Waals surface area contributed by atoms with E-state index in [-0.39, 0.29) is 17.5 Å². The lowest BCUT2D eigenvalue weighted by Gasteiger charge is -2.36. The lowest BCUT2D eigenvalue weighted by atomic mass is 10.2. The summed E-state index contributed by atoms with van der Waals surface area (Å²) in [6.45, 7) is 6.37. The second kappa shape index (κ2) is 7.59. The zero-order valence-electron chi connectivity index (χ0n) is 15.4. The fraction of sp³-hybridized carbons (Fsp3) is 0.421. The largest absolute Gasteiger partial charge is 0.495 e. The number of hydrogen-bond donors (Lipinski definition) is 0. The van der Waals surface area contributed by atoms with E-state index in [1.807, 2.05) is 38.1 Å². The monoisotopic (exact) mass is 356 g/mol. The molecule has 1 amide bonds. The molecular weight excluding hydrogens is 332 g/mol. The maximum atomic E-state index is 12.8. The predicted molar refractivity (Wildman–Crippen MR) is 100.0 cm³/mol. The summed E-state index contributed by atoms with van der Waals surface area (Å²) in [6, 6.07) is 10.7. The van der Waals surface area contributed by atoms with E-state index in [1.165, 1.54) is 16.8 Å². The molecule has 1 aromatic heterocycles. The van der Waals surface area contributed by atoms with Gasteiger partial charge in [-0.1, -0.05) is 12.1 Å². The average Bonchev–Trinajstić information content (AvgIpc) is 2.67. The number of anilines is 1. The molecule has 26 heavy (non-hydrogen) atoms. The fourth-order valence-corrected chi connectivity index (χ4v) is 3.11. The molecule has 7 heteroatoms. The van der Waals surface area contributed by atoms with Crippen molar-refractivity contribution in [1.29, 1.82) is 0 Å². The molecule has 2 aromatic rings. The summed E-state index contributed by atoms with van der Waals surface area (Å²) in [7, 11) is 1.66. The van der Waals surface area contributed by atoms with Gasteiger partial charge in [-0.25, -0.2) is 4.68 Å². The summed E-state index contributed by atoms with van der Waals surface area (Å²) >= 11 is 0. The zero-order chi connectivity index (χ0) is 18.7. The maximum Gasteiger partial charge on any atom is 0.274 e. The number of para-hydroxylation sites is 2. The van der Waals surface area contributed by atoms with Crippen molar-refractivity contribution in [2.24, 2.45) is 0 Å². The van der Waals surface area contributed by atoms with Crippen LogP contribution in [0.1, 0.15) is 30.4 Å². The van der Waals surface area contributed by atoms with Crippen molar-refractivity contribution in [3.8, 4) is 5.75 Å². The second-order valence-corrected chi connectivity index (χ2v) is 6.55. The molecule has 0 radical (unpaired) electrons. The van der Waals surface area contributed by atoms with E-state index in [9.17, 15) is 9.59 Å². The van der Waals surface area contributed by atoms with Gasteiger partial charge in [0, 0.05) is 32.2 Å². The third-order valence-electron chi connectivity index (χ3n) is 4.53. The van der Waals surface area contributed by atoms with E-state index in [0.29, 0.717) is 18.8 Å². The molecular formula is C19H24N4O3. The van der Waals surface area contributed by atoms with Gasteiger partial charge in [0.1, 0.15) is 11.4 Å². The van der Waals surface area contributed by atoms with Crippen LogP contribution >= 0.6 is 0 Å². The third kappa shape index (κ3) is 3.56. The summed E-state index contributed by atoms with van der Waals surface area (Å²) in [5.74, 6) is 0.692. The van der Waals surface area contributed by atoms with E-state index in [1.54, 1.807) is 12.0 Å². The van der Waals surface area contributed by atoms with Crippen molar-refractivity contribution in [2.45, 2.75) is 19.9 Å². The molecule has 1 fully saturated rings. The minimum Gasteiger partial charge on any atom is -0.495 e. The van der Waals surface area contributed by atoms with E-state index in [2.05, 4.69) is 10.00 Å². The number of aromatic nitrogens is 2. The molecule has 1 saturated heterocycles. The summed E-state index contributed by atoms with van der Waals surface area (Å²) in [4.78, 5) is 28.6. The number of amides is 1. The first-order valence-electron chi connectivity index (χ1n) is 8.78. The van der Waals surface area contributed by atoms with Crippen molar-refractivity contribution in [3.63, 3.8) is 0 Å². The molecule has 0 bridgehead atoms. The Hall–Kier alpha value is -2.83. The van der Waals surface area contributed by atoms with Gasteiger partial charge in [-0.3, -0.25) is 9.59 Å². The SMILES string of the molecule is COc1ccccc1N1CCN(C(=O)c2ccc(=O)n(C(C)C)n2)CC1. The number of carbonyl (C=O) groups is 1. The molecule has 0 N–H and O–H groups in total. The number of hydrogen-bond acceptors (Lipinski definition) is 5. The molecule has 3 rings (SSSR count). The van der Waals surface area contributed by atoms with Crippen LogP contribution in [0.4, 0.5) is 5.69 Å². The highest BCUT2D eigenvalue weighted by atomic mass is 16.5. The number of benzene rings is 1. The van der Waals surface area contributed by atoms with Gasteiger partial charge in [-0.2, -0.15) is 5.10 Å². The summed E-state index contributed by atoms with van der Waals surface area (Å²) in [5.41, 5.74) is 1.15. The fourth-order valence-electron chi connectivity index (χ4n) is 3.11. The van der Waals surface area contributed by atoms with E-state index in [4.69, 9.17) is 4.74 Å². The predicted octanol–water partition coefficient (Wildman–Crippen LogP) is 1.80. The van der Waals surface area contributed by atoms with Crippen molar-refractivity contribution in [2.75, 3.05) is 38.2 Å². The smallest absolute Gasteiger partial charge is 0.274 e. The Labute approximate surface area is 152 Å². The Morgan fingerprint density at radius 1 is 1.08 bits per heavy atom. The van der Waals surface area contributed by atoms with Crippen LogP contribution in [0.3, 0.4) is 0 Å². The van der Waals surface area contributed by atoms with Gasteiger partial charge in [-0.15, -0.1) is 0 Å². The number of piperazine rings is 1. The molecule has 1 aliphatic heterocycles. The number of carbonyl (C=O) groups excluding carboxylic acids is 1. The highest BCUT2D eigenvalue weighted by Crippen LogP contribution is 2.28. The first-order valence-corrected chi connectivity index (χ1v) is 8.78. The van der Waals surface area contributed by atoms with Crippen molar-refractivity contribution in [3.05, 3.63) is 52.4 Å². The number of rotatable bonds is 4. The maximum absolute atomic E-state index is 12.8. The lowest BCUT2D eigenvalue weighted by molar-refractivity contribution is 0.0737. The van der Waals surface area contributed by atoms with Crippen LogP contribution in [-0.2, 0) is 0 Å². The molecule has 0 unspecified atom stereocenters. The van der Waals surface area contributed by atoms with Crippen LogP contribution in [-0.4, -0.2) is 53.9 Å². The highest BCUT2D eigenvalue weighted by Gasteiger charge is 2.25. The Bertz CT molecular complexity index is 839. The van der Waals surface area contributed by atoms with Crippen molar-refractivity contribution in [1.82, 2.24) is 14.7 Å². The van der Waals surface area contributed by atoms with Gasteiger partial charge >= 0.3 is 0 Å². The van der Waals surface area contributed by atoms with Crippen LogP contribution in [0, 0.1) is 0 Å². The first-order chi connectivity index (χ1) is 12.5. The minimum atomic E-state index is -0.197. The molecule has 0 saturated carbocycles. The van der Waals surface area contributed by atoms with Crippen LogP contribution in [0.2, 0.25) is 0 Å². The topological polar surface area (TPSA) is 67.7 Å². The van der Waals surface area contributed by atoms with Crippen molar-refractivity contribution >= 4 is 11.6 Å². The summed E-state index contributed by atoms with van der Waals surface area (Å²) in [5, 5.41) is 4.23. The Kier molecular flexibility index (Phi) is 5.25. The minimum absolute atomic E-state index is 0.0855. The standard InChI is InChI=1S/C19H24N4O3/c1-14(2)23-18(24)9-8-15(20-23)19(25)22-12-10-21(11-13-22)16-6-4-5-7-17(16)26-3/h4-9,14H,10-13H2,1-3H3. The molecule has 0 spiro atoms.